The molecule has 0 radical (unpaired) electrons. The molecule has 0 amide bonds. The van der Waals surface area contributed by atoms with Crippen molar-refractivity contribution in [1.29, 1.82) is 0 Å². The van der Waals surface area contributed by atoms with Crippen molar-refractivity contribution >= 4 is 9.84 Å². The summed E-state index contributed by atoms with van der Waals surface area (Å²) in [6, 6.07) is 9.67. The van der Waals surface area contributed by atoms with E-state index in [2.05, 4.69) is 0 Å². The van der Waals surface area contributed by atoms with Gasteiger partial charge >= 0.3 is 0 Å². The van der Waals surface area contributed by atoms with Crippen LogP contribution in [0, 0.1) is 6.92 Å². The lowest BCUT2D eigenvalue weighted by atomic mass is 9.91. The maximum absolute atomic E-state index is 11.2. The van der Waals surface area contributed by atoms with E-state index in [1.165, 1.54) is 6.26 Å². The Labute approximate surface area is 148 Å². The average molecular weight is 362 g/mol. The van der Waals surface area contributed by atoms with Gasteiger partial charge in [-0.15, -0.1) is 0 Å². The van der Waals surface area contributed by atoms with Crippen molar-refractivity contribution in [3.8, 4) is 22.6 Å². The standard InChI is InChI=1S/C19H22O5S/c1-13-9-16(23-7-4-8-25(2,21)22)10-15-12-24-19-14(11-20)5-3-6-17(19)18(13)15/h3,5-6,9-10,20H,4,7-8,11-12H2,1-2H3. The molecule has 134 valence electrons. The number of fused-ring (bicyclic) bond motifs is 3. The molecule has 0 unspecified atom stereocenters. The topological polar surface area (TPSA) is 72.8 Å². The minimum atomic E-state index is -2.96. The Bertz CT molecular complexity index is 887. The van der Waals surface area contributed by atoms with Crippen molar-refractivity contribution in [3.05, 3.63) is 47.0 Å². The number of aliphatic hydroxyl groups excluding tert-OH is 1. The lowest BCUT2D eigenvalue weighted by Crippen LogP contribution is -2.11. The number of benzene rings is 2. The molecule has 0 spiro atoms. The minimum absolute atomic E-state index is 0.0565. The fourth-order valence-corrected chi connectivity index (χ4v) is 3.79. The van der Waals surface area contributed by atoms with Crippen LogP contribution in [0.5, 0.6) is 11.5 Å². The molecule has 2 aromatic carbocycles. The van der Waals surface area contributed by atoms with Crippen LogP contribution in [0.4, 0.5) is 0 Å². The smallest absolute Gasteiger partial charge is 0.147 e. The first kappa shape index (κ1) is 17.8. The van der Waals surface area contributed by atoms with Gasteiger partial charge in [-0.3, -0.25) is 0 Å². The normalized spacial score (nSPS) is 12.9. The average Bonchev–Trinajstić information content (AvgIpc) is 2.56. The molecule has 2 aromatic rings. The summed E-state index contributed by atoms with van der Waals surface area (Å²) in [7, 11) is -2.96. The molecule has 1 N–H and O–H groups in total. The SMILES string of the molecule is Cc1cc(OCCCS(C)(=O)=O)cc2c1-c1cccc(CO)c1OC2. The first-order chi connectivity index (χ1) is 11.9. The van der Waals surface area contributed by atoms with Gasteiger partial charge in [0, 0.05) is 22.9 Å². The van der Waals surface area contributed by atoms with Crippen LogP contribution < -0.4 is 9.47 Å². The van der Waals surface area contributed by atoms with E-state index in [1.807, 2.05) is 37.3 Å². The van der Waals surface area contributed by atoms with Gasteiger partial charge in [0.05, 0.1) is 19.0 Å². The Kier molecular flexibility index (Phi) is 5.01. The molecule has 6 heteroatoms. The number of sulfone groups is 1. The number of aryl methyl sites for hydroxylation is 1. The van der Waals surface area contributed by atoms with Gasteiger partial charge in [0.15, 0.2) is 0 Å². The third-order valence-electron chi connectivity index (χ3n) is 4.23. The molecule has 0 saturated heterocycles. The molecule has 1 heterocycles. The molecular formula is C19H22O5S. The van der Waals surface area contributed by atoms with Gasteiger partial charge in [0.25, 0.3) is 0 Å². The van der Waals surface area contributed by atoms with Crippen LogP contribution in [-0.4, -0.2) is 32.1 Å². The van der Waals surface area contributed by atoms with Gasteiger partial charge in [-0.25, -0.2) is 8.42 Å². The highest BCUT2D eigenvalue weighted by Crippen LogP contribution is 2.42. The van der Waals surface area contributed by atoms with Crippen LogP contribution in [0.3, 0.4) is 0 Å². The fraction of sp³-hybridized carbons (Fsp3) is 0.368. The zero-order valence-electron chi connectivity index (χ0n) is 14.4. The predicted octanol–water partition coefficient (Wildman–Crippen LogP) is 2.86. The fourth-order valence-electron chi connectivity index (χ4n) is 3.14. The largest absolute Gasteiger partial charge is 0.494 e. The van der Waals surface area contributed by atoms with Gasteiger partial charge in [-0.1, -0.05) is 18.2 Å². The van der Waals surface area contributed by atoms with Crippen LogP contribution in [0.2, 0.25) is 0 Å². The molecule has 5 nitrogen and oxygen atoms in total. The molecule has 1 aliphatic heterocycles. The third-order valence-corrected chi connectivity index (χ3v) is 5.26. The highest BCUT2D eigenvalue weighted by atomic mass is 32.2. The number of ether oxygens (including phenoxy) is 2. The van der Waals surface area contributed by atoms with Gasteiger partial charge in [-0.05, 0) is 36.6 Å². The number of rotatable bonds is 6. The van der Waals surface area contributed by atoms with E-state index >= 15 is 0 Å². The summed E-state index contributed by atoms with van der Waals surface area (Å²) in [6.45, 7) is 2.74. The second-order valence-electron chi connectivity index (χ2n) is 6.35. The first-order valence-electron chi connectivity index (χ1n) is 8.19. The molecular weight excluding hydrogens is 340 g/mol. The molecule has 1 aliphatic rings. The van der Waals surface area contributed by atoms with Crippen molar-refractivity contribution in [2.75, 3.05) is 18.6 Å². The van der Waals surface area contributed by atoms with Crippen LogP contribution >= 0.6 is 0 Å². The molecule has 0 aromatic heterocycles. The summed E-state index contributed by atoms with van der Waals surface area (Å²) in [4.78, 5) is 0. The first-order valence-corrected chi connectivity index (χ1v) is 10.2. The van der Waals surface area contributed by atoms with Crippen molar-refractivity contribution < 1.29 is 23.0 Å². The van der Waals surface area contributed by atoms with E-state index in [9.17, 15) is 13.5 Å². The lowest BCUT2D eigenvalue weighted by Gasteiger charge is -2.25. The summed E-state index contributed by atoms with van der Waals surface area (Å²) >= 11 is 0. The van der Waals surface area contributed by atoms with E-state index in [4.69, 9.17) is 9.47 Å². The summed E-state index contributed by atoms with van der Waals surface area (Å²) in [5.41, 5.74) is 4.97. The summed E-state index contributed by atoms with van der Waals surface area (Å²) in [5, 5.41) is 9.49. The quantitative estimate of drug-likeness (QED) is 0.800. The van der Waals surface area contributed by atoms with Crippen LogP contribution in [0.15, 0.2) is 30.3 Å². The Hall–Kier alpha value is -2.05. The monoisotopic (exact) mass is 362 g/mol. The van der Waals surface area contributed by atoms with Gasteiger partial charge in [0.1, 0.15) is 27.9 Å². The zero-order chi connectivity index (χ0) is 18.0. The minimum Gasteiger partial charge on any atom is -0.494 e. The molecule has 25 heavy (non-hydrogen) atoms. The Morgan fingerprint density at radius 3 is 2.80 bits per heavy atom. The maximum Gasteiger partial charge on any atom is 0.147 e. The third kappa shape index (κ3) is 3.96. The second kappa shape index (κ2) is 7.06. The number of para-hydroxylation sites is 1. The molecule has 0 bridgehead atoms. The molecule has 0 fully saturated rings. The van der Waals surface area contributed by atoms with E-state index in [0.29, 0.717) is 19.6 Å². The van der Waals surface area contributed by atoms with Gasteiger partial charge < -0.3 is 14.6 Å². The van der Waals surface area contributed by atoms with Crippen LogP contribution in [0.25, 0.3) is 11.1 Å². The van der Waals surface area contributed by atoms with Gasteiger partial charge in [-0.2, -0.15) is 0 Å². The van der Waals surface area contributed by atoms with E-state index in [-0.39, 0.29) is 12.4 Å². The predicted molar refractivity (Wildman–Crippen MR) is 96.7 cm³/mol. The second-order valence-corrected chi connectivity index (χ2v) is 8.61. The Morgan fingerprint density at radius 2 is 2.08 bits per heavy atom. The van der Waals surface area contributed by atoms with Crippen molar-refractivity contribution in [3.63, 3.8) is 0 Å². The van der Waals surface area contributed by atoms with E-state index in [0.717, 1.165) is 39.3 Å². The van der Waals surface area contributed by atoms with Gasteiger partial charge in [0.2, 0.25) is 0 Å². The summed E-state index contributed by atoms with van der Waals surface area (Å²) < 4.78 is 33.9. The molecule has 0 aliphatic carbocycles. The van der Waals surface area contributed by atoms with Crippen LogP contribution in [-0.2, 0) is 23.1 Å². The summed E-state index contributed by atoms with van der Waals surface area (Å²) in [6.07, 6.45) is 1.69. The van der Waals surface area contributed by atoms with Crippen LogP contribution in [0.1, 0.15) is 23.1 Å². The molecule has 3 rings (SSSR count). The van der Waals surface area contributed by atoms with E-state index < -0.39 is 9.84 Å². The number of hydrogen-bond acceptors (Lipinski definition) is 5. The lowest BCUT2D eigenvalue weighted by molar-refractivity contribution is 0.257. The number of aliphatic hydroxyl groups is 1. The highest BCUT2D eigenvalue weighted by molar-refractivity contribution is 7.90. The Balaban J connectivity index is 1.83. The number of hydrogen-bond donors (Lipinski definition) is 1. The van der Waals surface area contributed by atoms with Crippen molar-refractivity contribution in [2.24, 2.45) is 0 Å². The van der Waals surface area contributed by atoms with Crippen molar-refractivity contribution in [1.82, 2.24) is 0 Å². The highest BCUT2D eigenvalue weighted by Gasteiger charge is 2.22. The van der Waals surface area contributed by atoms with E-state index in [1.54, 1.807) is 0 Å². The molecule has 0 atom stereocenters. The Morgan fingerprint density at radius 1 is 1.28 bits per heavy atom. The zero-order valence-corrected chi connectivity index (χ0v) is 15.2. The van der Waals surface area contributed by atoms with Crippen molar-refractivity contribution in [2.45, 2.75) is 26.6 Å². The maximum atomic E-state index is 11.2. The summed E-state index contributed by atoms with van der Waals surface area (Å²) in [5.74, 6) is 1.58. The molecule has 0 saturated carbocycles.